The van der Waals surface area contributed by atoms with E-state index in [1.54, 1.807) is 0 Å². The van der Waals surface area contributed by atoms with Crippen molar-refractivity contribution in [1.82, 2.24) is 10.2 Å². The number of hydrogen-bond donors (Lipinski definition) is 1. The van der Waals surface area contributed by atoms with Crippen molar-refractivity contribution >= 4 is 6.09 Å². The van der Waals surface area contributed by atoms with Crippen molar-refractivity contribution in [3.8, 4) is 0 Å². The van der Waals surface area contributed by atoms with Gasteiger partial charge in [0.05, 0.1) is 0 Å². The fraction of sp³-hybridized carbons (Fsp3) is 0.917. The summed E-state index contributed by atoms with van der Waals surface area (Å²) in [6, 6.07) is 0.579. The second-order valence-corrected chi connectivity index (χ2v) is 5.62. The molecule has 1 heterocycles. The van der Waals surface area contributed by atoms with Gasteiger partial charge in [0.2, 0.25) is 0 Å². The molecule has 0 aromatic rings. The highest BCUT2D eigenvalue weighted by molar-refractivity contribution is 5.68. The summed E-state index contributed by atoms with van der Waals surface area (Å²) in [5, 5.41) is 2.95. The first kappa shape index (κ1) is 13.3. The summed E-state index contributed by atoms with van der Waals surface area (Å²) >= 11 is 0. The molecular formula is C12H24N2O2. The Morgan fingerprint density at radius 3 is 2.62 bits per heavy atom. The van der Waals surface area contributed by atoms with Crippen LogP contribution in [0, 0.1) is 0 Å². The van der Waals surface area contributed by atoms with Crippen LogP contribution in [0.1, 0.15) is 40.5 Å². The standard InChI is InChI=1S/C12H24N2O2/c1-9-10(7-6-8-14(9)5)13-11(15)16-12(2,3)4/h9-10H,6-8H2,1-5H3,(H,13,15). The lowest BCUT2D eigenvalue weighted by molar-refractivity contribution is 0.0443. The highest BCUT2D eigenvalue weighted by Crippen LogP contribution is 2.16. The van der Waals surface area contributed by atoms with Gasteiger partial charge in [0.1, 0.15) is 5.60 Å². The number of carbonyl (C=O) groups excluding carboxylic acids is 1. The molecule has 0 radical (unpaired) electrons. The van der Waals surface area contributed by atoms with Crippen LogP contribution in [0.2, 0.25) is 0 Å². The quantitative estimate of drug-likeness (QED) is 0.746. The third kappa shape index (κ3) is 4.00. The Hall–Kier alpha value is -0.770. The Morgan fingerprint density at radius 2 is 2.06 bits per heavy atom. The fourth-order valence-electron chi connectivity index (χ4n) is 1.96. The molecule has 1 N–H and O–H groups in total. The summed E-state index contributed by atoms with van der Waals surface area (Å²) in [5.41, 5.74) is -0.423. The number of ether oxygens (including phenoxy) is 1. The molecule has 4 nitrogen and oxygen atoms in total. The number of likely N-dealkylation sites (tertiary alicyclic amines) is 1. The molecule has 1 rings (SSSR count). The molecule has 1 amide bonds. The maximum Gasteiger partial charge on any atom is 0.407 e. The van der Waals surface area contributed by atoms with Crippen molar-refractivity contribution in [2.24, 2.45) is 0 Å². The molecule has 2 unspecified atom stereocenters. The van der Waals surface area contributed by atoms with Gasteiger partial charge in [-0.2, -0.15) is 0 Å². The number of amides is 1. The van der Waals surface area contributed by atoms with Crippen LogP contribution in [-0.4, -0.2) is 42.3 Å². The van der Waals surface area contributed by atoms with E-state index < -0.39 is 5.60 Å². The summed E-state index contributed by atoms with van der Waals surface area (Å²) in [7, 11) is 2.09. The van der Waals surface area contributed by atoms with Crippen molar-refractivity contribution in [3.05, 3.63) is 0 Å². The molecule has 0 bridgehead atoms. The predicted octanol–water partition coefficient (Wildman–Crippen LogP) is 1.99. The highest BCUT2D eigenvalue weighted by atomic mass is 16.6. The molecule has 94 valence electrons. The zero-order chi connectivity index (χ0) is 12.3. The monoisotopic (exact) mass is 228 g/mol. The first-order valence-corrected chi connectivity index (χ1v) is 5.99. The first-order valence-electron chi connectivity index (χ1n) is 5.99. The van der Waals surface area contributed by atoms with Crippen LogP contribution < -0.4 is 5.32 Å². The second kappa shape index (κ2) is 5.04. The van der Waals surface area contributed by atoms with Crippen LogP contribution in [0.25, 0.3) is 0 Å². The van der Waals surface area contributed by atoms with E-state index in [1.807, 2.05) is 20.8 Å². The molecule has 1 aliphatic rings. The zero-order valence-electron chi connectivity index (χ0n) is 11.0. The number of piperidine rings is 1. The molecule has 0 saturated carbocycles. The fourth-order valence-corrected chi connectivity index (χ4v) is 1.96. The Labute approximate surface area is 98.3 Å². The minimum Gasteiger partial charge on any atom is -0.444 e. The largest absolute Gasteiger partial charge is 0.444 e. The molecule has 1 fully saturated rings. The number of nitrogens with zero attached hydrogens (tertiary/aromatic N) is 1. The van der Waals surface area contributed by atoms with Crippen molar-refractivity contribution in [3.63, 3.8) is 0 Å². The van der Waals surface area contributed by atoms with Gasteiger partial charge in [-0.25, -0.2) is 4.79 Å². The maximum atomic E-state index is 11.6. The zero-order valence-corrected chi connectivity index (χ0v) is 11.0. The third-order valence-electron chi connectivity index (χ3n) is 3.01. The number of hydrogen-bond acceptors (Lipinski definition) is 3. The van der Waals surface area contributed by atoms with E-state index >= 15 is 0 Å². The van der Waals surface area contributed by atoms with E-state index in [4.69, 9.17) is 4.74 Å². The Balaban J connectivity index is 2.44. The predicted molar refractivity (Wildman–Crippen MR) is 64.5 cm³/mol. The summed E-state index contributed by atoms with van der Waals surface area (Å²) < 4.78 is 5.26. The SMILES string of the molecule is CC1C(NC(=O)OC(C)(C)C)CCCN1C. The molecule has 1 aliphatic heterocycles. The summed E-state index contributed by atoms with van der Waals surface area (Å²) in [4.78, 5) is 13.9. The average Bonchev–Trinajstić information content (AvgIpc) is 2.09. The van der Waals surface area contributed by atoms with Crippen molar-refractivity contribution < 1.29 is 9.53 Å². The molecule has 0 spiro atoms. The first-order chi connectivity index (χ1) is 7.29. The molecule has 4 heteroatoms. The molecule has 2 atom stereocenters. The molecule has 0 aliphatic carbocycles. The van der Waals surface area contributed by atoms with Crippen LogP contribution in [0.3, 0.4) is 0 Å². The van der Waals surface area contributed by atoms with E-state index in [1.165, 1.54) is 0 Å². The van der Waals surface area contributed by atoms with Gasteiger partial charge in [-0.15, -0.1) is 0 Å². The number of carbonyl (C=O) groups is 1. The van der Waals surface area contributed by atoms with Crippen molar-refractivity contribution in [1.29, 1.82) is 0 Å². The van der Waals surface area contributed by atoms with Gasteiger partial charge in [0.25, 0.3) is 0 Å². The third-order valence-corrected chi connectivity index (χ3v) is 3.01. The van der Waals surface area contributed by atoms with Gasteiger partial charge >= 0.3 is 6.09 Å². The highest BCUT2D eigenvalue weighted by Gasteiger charge is 2.28. The Bertz CT molecular complexity index is 248. The van der Waals surface area contributed by atoms with Gasteiger partial charge in [-0.1, -0.05) is 0 Å². The van der Waals surface area contributed by atoms with Crippen LogP contribution in [0.15, 0.2) is 0 Å². The molecule has 1 saturated heterocycles. The molecule has 0 aromatic heterocycles. The maximum absolute atomic E-state index is 11.6. The van der Waals surface area contributed by atoms with E-state index in [9.17, 15) is 4.79 Å². The summed E-state index contributed by atoms with van der Waals surface area (Å²) in [6.45, 7) is 8.88. The molecule has 16 heavy (non-hydrogen) atoms. The van der Waals surface area contributed by atoms with Crippen molar-refractivity contribution in [2.45, 2.75) is 58.2 Å². The lowest BCUT2D eigenvalue weighted by Gasteiger charge is -2.37. The van der Waals surface area contributed by atoms with Gasteiger partial charge in [-0.3, -0.25) is 0 Å². The Morgan fingerprint density at radius 1 is 1.44 bits per heavy atom. The van der Waals surface area contributed by atoms with Crippen molar-refractivity contribution in [2.75, 3.05) is 13.6 Å². The van der Waals surface area contributed by atoms with E-state index in [-0.39, 0.29) is 12.1 Å². The van der Waals surface area contributed by atoms with Gasteiger partial charge in [0.15, 0.2) is 0 Å². The number of nitrogens with one attached hydrogen (secondary N) is 1. The Kier molecular flexibility index (Phi) is 4.19. The summed E-state index contributed by atoms with van der Waals surface area (Å²) in [6.07, 6.45) is 1.85. The number of alkyl carbamates (subject to hydrolysis) is 1. The normalized spacial score (nSPS) is 27.6. The second-order valence-electron chi connectivity index (χ2n) is 5.62. The van der Waals surface area contributed by atoms with Crippen LogP contribution in [-0.2, 0) is 4.74 Å². The van der Waals surface area contributed by atoms with Gasteiger partial charge in [-0.05, 0) is 54.1 Å². The van der Waals surface area contributed by atoms with Crippen LogP contribution >= 0.6 is 0 Å². The molecular weight excluding hydrogens is 204 g/mol. The van der Waals surface area contributed by atoms with Crippen LogP contribution in [0.5, 0.6) is 0 Å². The smallest absolute Gasteiger partial charge is 0.407 e. The molecule has 0 aromatic carbocycles. The van der Waals surface area contributed by atoms with E-state index in [0.717, 1.165) is 19.4 Å². The average molecular weight is 228 g/mol. The van der Waals surface area contributed by atoms with E-state index in [2.05, 4.69) is 24.2 Å². The van der Waals surface area contributed by atoms with Crippen LogP contribution in [0.4, 0.5) is 4.79 Å². The lowest BCUT2D eigenvalue weighted by Crippen LogP contribution is -2.53. The van der Waals surface area contributed by atoms with Gasteiger partial charge < -0.3 is 15.0 Å². The lowest BCUT2D eigenvalue weighted by atomic mass is 9.98. The van der Waals surface area contributed by atoms with Gasteiger partial charge in [0, 0.05) is 12.1 Å². The minimum atomic E-state index is -0.423. The number of likely N-dealkylation sites (N-methyl/N-ethyl adjacent to an activating group) is 1. The summed E-state index contributed by atoms with van der Waals surface area (Å²) in [5.74, 6) is 0. The minimum absolute atomic E-state index is 0.202. The topological polar surface area (TPSA) is 41.6 Å². The number of rotatable bonds is 1. The van der Waals surface area contributed by atoms with E-state index in [0.29, 0.717) is 6.04 Å².